The van der Waals surface area contributed by atoms with Crippen molar-refractivity contribution >= 4 is 51.0 Å². The monoisotopic (exact) mass is 332 g/mol. The van der Waals surface area contributed by atoms with Crippen LogP contribution in [0.3, 0.4) is 0 Å². The van der Waals surface area contributed by atoms with E-state index >= 15 is 0 Å². The number of hydrogen-bond donors (Lipinski definition) is 0. The largest absolute Gasteiger partial charge is 0.355 e. The van der Waals surface area contributed by atoms with Gasteiger partial charge in [-0.3, -0.25) is 0 Å². The Morgan fingerprint density at radius 3 is 2.45 bits per heavy atom. The second-order valence-electron chi connectivity index (χ2n) is 5.50. The van der Waals surface area contributed by atoms with Gasteiger partial charge in [-0.2, -0.15) is 4.98 Å². The van der Waals surface area contributed by atoms with Gasteiger partial charge in [0.15, 0.2) is 5.82 Å². The molecule has 0 radical (unpaired) electrons. The summed E-state index contributed by atoms with van der Waals surface area (Å²) in [6.07, 6.45) is 3.57. The van der Waals surface area contributed by atoms with Crippen LogP contribution in [-0.2, 0) is 0 Å². The molecular formula is C16H14Cl2N4. The van der Waals surface area contributed by atoms with Crippen molar-refractivity contribution in [1.82, 2.24) is 15.0 Å². The van der Waals surface area contributed by atoms with Crippen LogP contribution in [0.25, 0.3) is 21.9 Å². The maximum absolute atomic E-state index is 6.55. The first-order valence-electron chi connectivity index (χ1n) is 7.40. The molecule has 0 atom stereocenters. The van der Waals surface area contributed by atoms with Crippen LogP contribution >= 0.6 is 23.2 Å². The summed E-state index contributed by atoms with van der Waals surface area (Å²) in [7, 11) is 0. The van der Waals surface area contributed by atoms with Crippen molar-refractivity contribution in [2.75, 3.05) is 18.0 Å². The third kappa shape index (κ3) is 2.27. The third-order valence-electron chi connectivity index (χ3n) is 4.07. The first-order chi connectivity index (χ1) is 10.7. The first kappa shape index (κ1) is 14.0. The van der Waals surface area contributed by atoms with Gasteiger partial charge < -0.3 is 4.90 Å². The minimum atomic E-state index is 0.215. The molecule has 3 heterocycles. The molecule has 1 fully saturated rings. The lowest BCUT2D eigenvalue weighted by Gasteiger charge is -2.28. The molecule has 0 aliphatic carbocycles. The lowest BCUT2D eigenvalue weighted by Crippen LogP contribution is -2.30. The molecule has 1 aliphatic rings. The van der Waals surface area contributed by atoms with E-state index in [1.54, 1.807) is 0 Å². The van der Waals surface area contributed by atoms with Gasteiger partial charge in [-0.1, -0.05) is 29.8 Å². The summed E-state index contributed by atoms with van der Waals surface area (Å²) < 4.78 is 0. The van der Waals surface area contributed by atoms with Gasteiger partial charge in [-0.15, -0.1) is 0 Å². The maximum Gasteiger partial charge on any atom is 0.225 e. The number of pyridine rings is 1. The van der Waals surface area contributed by atoms with Crippen molar-refractivity contribution in [2.45, 2.75) is 19.3 Å². The minimum absolute atomic E-state index is 0.215. The fraction of sp³-hybridized carbons (Fsp3) is 0.312. The molecule has 0 unspecified atom stereocenters. The maximum atomic E-state index is 6.55. The highest BCUT2D eigenvalue weighted by Gasteiger charge is 2.20. The van der Waals surface area contributed by atoms with Gasteiger partial charge in [-0.25, -0.2) is 9.97 Å². The standard InChI is InChI=1S/C16H14Cl2N4/c17-12-10-6-2-3-7-11(10)19-14-13(12)20-16(18)21-15(14)22-8-4-1-5-9-22/h2-3,6-7H,1,4-5,8-9H2. The smallest absolute Gasteiger partial charge is 0.225 e. The molecule has 3 aromatic rings. The second-order valence-corrected chi connectivity index (χ2v) is 6.22. The number of fused-ring (bicyclic) bond motifs is 2. The Bertz CT molecular complexity index is 860. The lowest BCUT2D eigenvalue weighted by molar-refractivity contribution is 0.574. The average molecular weight is 333 g/mol. The number of benzene rings is 1. The summed E-state index contributed by atoms with van der Waals surface area (Å²) in [5.41, 5.74) is 2.21. The van der Waals surface area contributed by atoms with E-state index in [9.17, 15) is 0 Å². The summed E-state index contributed by atoms with van der Waals surface area (Å²) >= 11 is 12.7. The highest BCUT2D eigenvalue weighted by Crippen LogP contribution is 2.34. The Hall–Kier alpha value is -1.65. The van der Waals surface area contributed by atoms with E-state index in [-0.39, 0.29) is 5.28 Å². The van der Waals surface area contributed by atoms with Gasteiger partial charge in [-0.05, 0) is 36.9 Å². The van der Waals surface area contributed by atoms with E-state index in [4.69, 9.17) is 28.2 Å². The van der Waals surface area contributed by atoms with Crippen LogP contribution in [0.4, 0.5) is 5.82 Å². The number of para-hydroxylation sites is 1. The van der Waals surface area contributed by atoms with E-state index in [0.717, 1.165) is 48.2 Å². The molecule has 1 aliphatic heterocycles. The molecule has 22 heavy (non-hydrogen) atoms. The van der Waals surface area contributed by atoms with Gasteiger partial charge >= 0.3 is 0 Å². The van der Waals surface area contributed by atoms with E-state index in [2.05, 4.69) is 14.9 Å². The number of anilines is 1. The number of halogens is 2. The summed E-state index contributed by atoms with van der Waals surface area (Å²) in [5, 5.41) is 1.69. The molecule has 1 saturated heterocycles. The van der Waals surface area contributed by atoms with Gasteiger partial charge in [0.05, 0.1) is 10.5 Å². The van der Waals surface area contributed by atoms with Crippen molar-refractivity contribution in [1.29, 1.82) is 0 Å². The Morgan fingerprint density at radius 1 is 0.864 bits per heavy atom. The Balaban J connectivity index is 2.03. The number of hydrogen-bond acceptors (Lipinski definition) is 4. The number of nitrogens with zero attached hydrogens (tertiary/aromatic N) is 4. The number of aromatic nitrogens is 3. The van der Waals surface area contributed by atoms with E-state index in [1.165, 1.54) is 6.42 Å². The SMILES string of the molecule is Clc1nc(N2CCCCC2)c2nc3ccccc3c(Cl)c2n1. The van der Waals surface area contributed by atoms with E-state index in [0.29, 0.717) is 10.5 Å². The zero-order valence-electron chi connectivity index (χ0n) is 11.9. The highest BCUT2D eigenvalue weighted by molar-refractivity contribution is 6.40. The molecule has 4 nitrogen and oxygen atoms in total. The zero-order chi connectivity index (χ0) is 15.1. The topological polar surface area (TPSA) is 41.9 Å². The van der Waals surface area contributed by atoms with Crippen LogP contribution < -0.4 is 4.90 Å². The van der Waals surface area contributed by atoms with E-state index in [1.807, 2.05) is 24.3 Å². The molecule has 6 heteroatoms. The van der Waals surface area contributed by atoms with Gasteiger partial charge in [0.2, 0.25) is 5.28 Å². The van der Waals surface area contributed by atoms with Crippen molar-refractivity contribution in [3.8, 4) is 0 Å². The number of rotatable bonds is 1. The van der Waals surface area contributed by atoms with Crippen LogP contribution in [0.5, 0.6) is 0 Å². The van der Waals surface area contributed by atoms with Crippen molar-refractivity contribution in [3.05, 3.63) is 34.6 Å². The molecule has 0 bridgehead atoms. The Kier molecular flexibility index (Phi) is 3.51. The fourth-order valence-electron chi connectivity index (χ4n) is 3.00. The number of piperidine rings is 1. The van der Waals surface area contributed by atoms with Crippen molar-refractivity contribution in [2.24, 2.45) is 0 Å². The van der Waals surface area contributed by atoms with Crippen molar-refractivity contribution in [3.63, 3.8) is 0 Å². The fourth-order valence-corrected chi connectivity index (χ4v) is 3.46. The second kappa shape index (κ2) is 5.52. The Labute approximate surface area is 138 Å². The third-order valence-corrected chi connectivity index (χ3v) is 4.63. The quantitative estimate of drug-likeness (QED) is 0.486. The molecular weight excluding hydrogens is 319 g/mol. The molecule has 2 aromatic heterocycles. The summed E-state index contributed by atoms with van der Waals surface area (Å²) in [4.78, 5) is 15.7. The predicted molar refractivity (Wildman–Crippen MR) is 90.9 cm³/mol. The minimum Gasteiger partial charge on any atom is -0.355 e. The summed E-state index contributed by atoms with van der Waals surface area (Å²) in [6.45, 7) is 1.93. The van der Waals surface area contributed by atoms with E-state index < -0.39 is 0 Å². The average Bonchev–Trinajstić information content (AvgIpc) is 2.56. The predicted octanol–water partition coefficient (Wildman–Crippen LogP) is 4.48. The van der Waals surface area contributed by atoms with Crippen LogP contribution in [0.2, 0.25) is 10.3 Å². The molecule has 112 valence electrons. The molecule has 0 saturated carbocycles. The van der Waals surface area contributed by atoms with Crippen molar-refractivity contribution < 1.29 is 0 Å². The van der Waals surface area contributed by atoms with Crippen LogP contribution in [-0.4, -0.2) is 28.0 Å². The summed E-state index contributed by atoms with van der Waals surface area (Å²) in [5.74, 6) is 0.794. The molecule has 0 N–H and O–H groups in total. The van der Waals surface area contributed by atoms with Gasteiger partial charge in [0, 0.05) is 18.5 Å². The molecule has 0 amide bonds. The van der Waals surface area contributed by atoms with Crippen LogP contribution in [0.1, 0.15) is 19.3 Å². The molecule has 1 aromatic carbocycles. The van der Waals surface area contributed by atoms with Gasteiger partial charge in [0.1, 0.15) is 11.0 Å². The van der Waals surface area contributed by atoms with Gasteiger partial charge in [0.25, 0.3) is 0 Å². The summed E-state index contributed by atoms with van der Waals surface area (Å²) in [6, 6.07) is 7.79. The zero-order valence-corrected chi connectivity index (χ0v) is 13.4. The highest BCUT2D eigenvalue weighted by atomic mass is 35.5. The first-order valence-corrected chi connectivity index (χ1v) is 8.16. The molecule has 4 rings (SSSR count). The lowest BCUT2D eigenvalue weighted by atomic mass is 10.1. The normalized spacial score (nSPS) is 15.6. The van der Waals surface area contributed by atoms with Crippen LogP contribution in [0.15, 0.2) is 24.3 Å². The molecule has 0 spiro atoms. The van der Waals surface area contributed by atoms with Crippen LogP contribution in [0, 0.1) is 0 Å². The Morgan fingerprint density at radius 2 is 1.64 bits per heavy atom.